The summed E-state index contributed by atoms with van der Waals surface area (Å²) in [6.45, 7) is 9.05. The summed E-state index contributed by atoms with van der Waals surface area (Å²) in [7, 11) is 0. The first kappa shape index (κ1) is 20.7. The molecule has 0 radical (unpaired) electrons. The molecule has 0 spiro atoms. The Balaban J connectivity index is 1.87. The molecule has 166 valence electrons. The van der Waals surface area contributed by atoms with Gasteiger partial charge in [0.15, 0.2) is 5.70 Å². The number of hydrogen-bond donors (Lipinski definition) is 0. The highest BCUT2D eigenvalue weighted by Crippen LogP contribution is 2.43. The molecule has 3 aromatic carbocycles. The van der Waals surface area contributed by atoms with Gasteiger partial charge in [-0.1, -0.05) is 91.0 Å². The Morgan fingerprint density at radius 2 is 1.21 bits per heavy atom. The maximum atomic E-state index is 2.64. The molecule has 2 aliphatic rings. The fraction of sp³-hybridized carbons (Fsp3) is 0.129. The third-order valence-electron chi connectivity index (χ3n) is 7.65. The molecule has 0 N–H and O–H groups in total. The van der Waals surface area contributed by atoms with Crippen LogP contribution in [-0.2, 0) is 0 Å². The predicted octanol–water partition coefficient (Wildman–Crippen LogP) is 5.42. The predicted molar refractivity (Wildman–Crippen MR) is 144 cm³/mol. The van der Waals surface area contributed by atoms with Gasteiger partial charge in [0.05, 0.1) is 5.57 Å². The highest BCUT2D eigenvalue weighted by Gasteiger charge is 2.53. The maximum absolute atomic E-state index is 2.64. The molecule has 0 atom stereocenters. The average Bonchev–Trinajstić information content (AvgIpc) is 3.34. The summed E-state index contributed by atoms with van der Waals surface area (Å²) in [6, 6.07) is 35.4. The van der Waals surface area contributed by atoms with Crippen molar-refractivity contribution in [1.82, 2.24) is 4.48 Å². The molecule has 4 aromatic rings. The van der Waals surface area contributed by atoms with Gasteiger partial charge < -0.3 is 8.96 Å². The molecular weight excluding hydrogens is 411 g/mol. The SMILES string of the molecule is CC1=CC(C)=[N+]2C1=C(c1ccccc1)c1c(C)cc(C)n1[B-]2(c1ccccc1)c1ccccc1. The van der Waals surface area contributed by atoms with E-state index in [0.717, 1.165) is 0 Å². The standard InChI is InChI=1S/C31H29BN2/c1-22-20-24(3)33-30(22)29(26-14-8-5-9-15-26)31-23(2)21-25(4)34(31)32(33,27-16-10-6-11-17-27)28-18-12-7-13-19-28/h5-21H,1-4H3. The van der Waals surface area contributed by atoms with E-state index >= 15 is 0 Å². The molecule has 2 nitrogen and oxygen atoms in total. The zero-order valence-corrected chi connectivity index (χ0v) is 20.3. The Labute approximate surface area is 202 Å². The normalized spacial score (nSPS) is 16.4. The second-order valence-corrected chi connectivity index (χ2v) is 9.71. The fourth-order valence-corrected chi connectivity index (χ4v) is 6.57. The van der Waals surface area contributed by atoms with Gasteiger partial charge in [0.2, 0.25) is 0 Å². The van der Waals surface area contributed by atoms with Crippen LogP contribution < -0.4 is 10.9 Å². The van der Waals surface area contributed by atoms with Crippen LogP contribution in [-0.4, -0.2) is 21.1 Å². The molecule has 2 aliphatic heterocycles. The van der Waals surface area contributed by atoms with Gasteiger partial charge >= 0.3 is 6.42 Å². The van der Waals surface area contributed by atoms with E-state index in [0.29, 0.717) is 0 Å². The molecule has 3 heterocycles. The number of allylic oxidation sites excluding steroid dienone is 2. The highest BCUT2D eigenvalue weighted by atomic mass is 15.2. The summed E-state index contributed by atoms with van der Waals surface area (Å²) in [5, 5.41) is 0. The van der Waals surface area contributed by atoms with Crippen LogP contribution in [0.4, 0.5) is 0 Å². The zero-order valence-electron chi connectivity index (χ0n) is 20.3. The topological polar surface area (TPSA) is 7.94 Å². The molecule has 0 aliphatic carbocycles. The lowest BCUT2D eigenvalue weighted by Gasteiger charge is -2.46. The van der Waals surface area contributed by atoms with E-state index in [-0.39, 0.29) is 0 Å². The van der Waals surface area contributed by atoms with Gasteiger partial charge in [0.1, 0.15) is 5.71 Å². The molecule has 6 rings (SSSR count). The number of aromatic nitrogens is 1. The third-order valence-corrected chi connectivity index (χ3v) is 7.65. The summed E-state index contributed by atoms with van der Waals surface area (Å²) in [4.78, 5) is 0. The Hall–Kier alpha value is -3.85. The van der Waals surface area contributed by atoms with Crippen molar-refractivity contribution in [2.24, 2.45) is 0 Å². The third kappa shape index (κ3) is 2.67. The number of nitrogens with zero attached hydrogens (tertiary/aromatic N) is 2. The van der Waals surface area contributed by atoms with Crippen molar-refractivity contribution in [3.05, 3.63) is 137 Å². The first-order valence-corrected chi connectivity index (χ1v) is 12.1. The Morgan fingerprint density at radius 3 is 1.76 bits per heavy atom. The monoisotopic (exact) mass is 440 g/mol. The lowest BCUT2D eigenvalue weighted by atomic mass is 9.35. The van der Waals surface area contributed by atoms with E-state index in [2.05, 4.69) is 140 Å². The fourth-order valence-electron chi connectivity index (χ4n) is 6.57. The van der Waals surface area contributed by atoms with Crippen LogP contribution in [0.25, 0.3) is 5.57 Å². The van der Waals surface area contributed by atoms with Crippen LogP contribution in [0.15, 0.2) is 114 Å². The van der Waals surface area contributed by atoms with Crippen molar-refractivity contribution in [1.29, 1.82) is 0 Å². The highest BCUT2D eigenvalue weighted by molar-refractivity contribution is 6.96. The van der Waals surface area contributed by atoms with Crippen molar-refractivity contribution < 1.29 is 4.49 Å². The summed E-state index contributed by atoms with van der Waals surface area (Å²) < 4.78 is 5.28. The molecule has 0 amide bonds. The van der Waals surface area contributed by atoms with Crippen molar-refractivity contribution in [3.8, 4) is 0 Å². The van der Waals surface area contributed by atoms with E-state index in [9.17, 15) is 0 Å². The summed E-state index contributed by atoms with van der Waals surface area (Å²) in [5.74, 6) is 0. The molecule has 0 saturated heterocycles. The van der Waals surface area contributed by atoms with Gasteiger partial charge in [-0.15, -0.1) is 10.9 Å². The molecule has 3 heteroatoms. The zero-order chi connectivity index (χ0) is 23.4. The van der Waals surface area contributed by atoms with Gasteiger partial charge in [-0.25, -0.2) is 0 Å². The summed E-state index contributed by atoms with van der Waals surface area (Å²) in [6.07, 6.45) is 0.861. The van der Waals surface area contributed by atoms with Crippen molar-refractivity contribution in [2.75, 3.05) is 0 Å². The maximum Gasteiger partial charge on any atom is 0.434 e. The van der Waals surface area contributed by atoms with E-state index in [1.54, 1.807) is 0 Å². The van der Waals surface area contributed by atoms with E-state index in [1.165, 1.54) is 56.0 Å². The van der Waals surface area contributed by atoms with Crippen LogP contribution in [0.2, 0.25) is 0 Å². The van der Waals surface area contributed by atoms with Gasteiger partial charge in [0.25, 0.3) is 0 Å². The molecular formula is C31H29BN2. The molecule has 0 fully saturated rings. The number of fused-ring (bicyclic) bond motifs is 2. The smallest absolute Gasteiger partial charge is 0.434 e. The average molecular weight is 440 g/mol. The van der Waals surface area contributed by atoms with Gasteiger partial charge in [-0.3, -0.25) is 0 Å². The lowest BCUT2D eigenvalue weighted by molar-refractivity contribution is -0.330. The number of aryl methyl sites for hydroxylation is 2. The van der Waals surface area contributed by atoms with Crippen LogP contribution in [0.5, 0.6) is 0 Å². The van der Waals surface area contributed by atoms with Crippen LogP contribution in [0.3, 0.4) is 0 Å². The Kier molecular flexibility index (Phi) is 4.63. The minimum atomic E-state index is -1.50. The van der Waals surface area contributed by atoms with Gasteiger partial charge in [-0.05, 0) is 43.7 Å². The van der Waals surface area contributed by atoms with Crippen LogP contribution >= 0.6 is 0 Å². The minimum absolute atomic E-state index is 1.26. The summed E-state index contributed by atoms with van der Waals surface area (Å²) >= 11 is 0. The van der Waals surface area contributed by atoms with Gasteiger partial charge in [-0.2, -0.15) is 0 Å². The largest absolute Gasteiger partial charge is 0.450 e. The van der Waals surface area contributed by atoms with Gasteiger partial charge in [0, 0.05) is 24.3 Å². The first-order valence-electron chi connectivity index (χ1n) is 12.1. The number of benzene rings is 3. The van der Waals surface area contributed by atoms with Crippen molar-refractivity contribution in [2.45, 2.75) is 27.7 Å². The number of hydrogen-bond acceptors (Lipinski definition) is 0. The van der Waals surface area contributed by atoms with Crippen molar-refractivity contribution >= 4 is 28.6 Å². The molecule has 0 unspecified atom stereocenters. The van der Waals surface area contributed by atoms with Crippen molar-refractivity contribution in [3.63, 3.8) is 0 Å². The second kappa shape index (κ2) is 7.60. The molecule has 0 bridgehead atoms. The Morgan fingerprint density at radius 1 is 0.676 bits per heavy atom. The van der Waals surface area contributed by atoms with Crippen LogP contribution in [0.1, 0.15) is 36.4 Å². The number of rotatable bonds is 3. The van der Waals surface area contributed by atoms with Crippen LogP contribution in [0, 0.1) is 13.8 Å². The quantitative estimate of drug-likeness (QED) is 0.376. The Bertz CT molecular complexity index is 1460. The summed E-state index contributed by atoms with van der Waals surface area (Å²) in [5.41, 5.74) is 13.1. The lowest BCUT2D eigenvalue weighted by Crippen LogP contribution is -2.73. The molecule has 1 aromatic heterocycles. The van der Waals surface area contributed by atoms with E-state index in [1.807, 2.05) is 0 Å². The molecule has 0 saturated carbocycles. The minimum Gasteiger partial charge on any atom is -0.450 e. The van der Waals surface area contributed by atoms with E-state index < -0.39 is 6.42 Å². The second-order valence-electron chi connectivity index (χ2n) is 9.71. The first-order chi connectivity index (χ1) is 16.5. The molecule has 34 heavy (non-hydrogen) atoms. The van der Waals surface area contributed by atoms with E-state index in [4.69, 9.17) is 0 Å².